The summed E-state index contributed by atoms with van der Waals surface area (Å²) in [4.78, 5) is 12.6. The lowest BCUT2D eigenvalue weighted by Gasteiger charge is -2.20. The van der Waals surface area contributed by atoms with Gasteiger partial charge in [-0.3, -0.25) is 0 Å². The van der Waals surface area contributed by atoms with Crippen LogP contribution in [0.15, 0.2) is 24.5 Å². The van der Waals surface area contributed by atoms with E-state index in [1.165, 1.54) is 22.7 Å². The van der Waals surface area contributed by atoms with Crippen molar-refractivity contribution in [2.75, 3.05) is 23.3 Å². The van der Waals surface area contributed by atoms with E-state index in [2.05, 4.69) is 33.2 Å². The number of anilines is 2. The number of hydrogen-bond donors (Lipinski definition) is 1. The molecule has 20 heavy (non-hydrogen) atoms. The Kier molecular flexibility index (Phi) is 4.16. The maximum Gasteiger partial charge on any atom is 0.151 e. The molecule has 0 unspecified atom stereocenters. The van der Waals surface area contributed by atoms with Gasteiger partial charge in [-0.05, 0) is 31.4 Å². The van der Waals surface area contributed by atoms with Crippen LogP contribution in [0.4, 0.5) is 11.5 Å². The Morgan fingerprint density at radius 3 is 2.90 bits per heavy atom. The van der Waals surface area contributed by atoms with E-state index in [4.69, 9.17) is 0 Å². The van der Waals surface area contributed by atoms with Gasteiger partial charge in [-0.15, -0.1) is 11.3 Å². The first-order chi connectivity index (χ1) is 9.86. The van der Waals surface area contributed by atoms with E-state index in [1.54, 1.807) is 11.3 Å². The van der Waals surface area contributed by atoms with Gasteiger partial charge >= 0.3 is 0 Å². The predicted octanol–water partition coefficient (Wildman–Crippen LogP) is 3.31. The molecule has 1 aliphatic rings. The van der Waals surface area contributed by atoms with E-state index < -0.39 is 0 Å². The molecule has 3 heterocycles. The number of thiazole rings is 1. The van der Waals surface area contributed by atoms with Crippen molar-refractivity contribution in [1.82, 2.24) is 9.97 Å². The maximum absolute atomic E-state index is 4.55. The quantitative estimate of drug-likeness (QED) is 0.916. The highest BCUT2D eigenvalue weighted by Gasteiger charge is 2.16. The second kappa shape index (κ2) is 6.22. The second-order valence-corrected chi connectivity index (χ2v) is 6.20. The molecule has 1 saturated heterocycles. The van der Waals surface area contributed by atoms with Crippen LogP contribution in [0.25, 0.3) is 0 Å². The number of aromatic nitrogens is 2. The van der Waals surface area contributed by atoms with Crippen molar-refractivity contribution in [3.05, 3.63) is 34.4 Å². The Bertz CT molecular complexity index is 561. The molecule has 1 aliphatic heterocycles. The van der Waals surface area contributed by atoms with Crippen LogP contribution in [0.1, 0.15) is 29.7 Å². The summed E-state index contributed by atoms with van der Waals surface area (Å²) in [7, 11) is 0. The molecule has 0 spiro atoms. The Morgan fingerprint density at radius 2 is 2.15 bits per heavy atom. The number of nitrogens with one attached hydrogen (secondary N) is 1. The molecule has 3 rings (SSSR count). The van der Waals surface area contributed by atoms with Crippen molar-refractivity contribution in [1.29, 1.82) is 0 Å². The van der Waals surface area contributed by atoms with E-state index in [0.717, 1.165) is 37.6 Å². The van der Waals surface area contributed by atoms with Crippen LogP contribution in [0.2, 0.25) is 0 Å². The molecule has 0 atom stereocenters. The molecule has 1 fully saturated rings. The molecule has 0 bridgehead atoms. The SMILES string of the molecule is CCc1ncc(CNc2cccnc2N2CCCC2)s1. The van der Waals surface area contributed by atoms with Gasteiger partial charge in [0.05, 0.1) is 17.2 Å². The van der Waals surface area contributed by atoms with Crippen molar-refractivity contribution < 1.29 is 0 Å². The second-order valence-electron chi connectivity index (χ2n) is 5.00. The number of aryl methyl sites for hydroxylation is 1. The molecule has 4 nitrogen and oxygen atoms in total. The lowest BCUT2D eigenvalue weighted by molar-refractivity contribution is 0.935. The van der Waals surface area contributed by atoms with E-state index in [1.807, 2.05) is 18.5 Å². The molecule has 0 amide bonds. The molecule has 0 aromatic carbocycles. The lowest BCUT2D eigenvalue weighted by Crippen LogP contribution is -2.20. The van der Waals surface area contributed by atoms with Crippen molar-refractivity contribution in [2.45, 2.75) is 32.7 Å². The zero-order valence-electron chi connectivity index (χ0n) is 11.8. The zero-order valence-corrected chi connectivity index (χ0v) is 12.6. The Labute approximate surface area is 123 Å². The molecule has 2 aromatic heterocycles. The summed E-state index contributed by atoms with van der Waals surface area (Å²) in [6.45, 7) is 5.20. The fourth-order valence-electron chi connectivity index (χ4n) is 2.49. The number of rotatable bonds is 5. The molecular formula is C15H20N4S. The molecule has 0 aliphatic carbocycles. The average molecular weight is 288 g/mol. The van der Waals surface area contributed by atoms with Crippen LogP contribution in [-0.2, 0) is 13.0 Å². The monoisotopic (exact) mass is 288 g/mol. The standard InChI is InChI=1S/C15H20N4S/c1-2-14-18-11-12(20-14)10-17-13-6-5-7-16-15(13)19-8-3-4-9-19/h5-7,11,17H,2-4,8-10H2,1H3. The molecular weight excluding hydrogens is 268 g/mol. The highest BCUT2D eigenvalue weighted by atomic mass is 32.1. The minimum atomic E-state index is 0.824. The highest BCUT2D eigenvalue weighted by Crippen LogP contribution is 2.27. The summed E-state index contributed by atoms with van der Waals surface area (Å²) >= 11 is 1.78. The summed E-state index contributed by atoms with van der Waals surface area (Å²) in [6.07, 6.45) is 7.40. The van der Waals surface area contributed by atoms with Gasteiger partial charge in [-0.25, -0.2) is 9.97 Å². The van der Waals surface area contributed by atoms with Crippen molar-refractivity contribution in [3.8, 4) is 0 Å². The first-order valence-electron chi connectivity index (χ1n) is 7.24. The Morgan fingerprint density at radius 1 is 1.30 bits per heavy atom. The number of pyridine rings is 1. The molecule has 106 valence electrons. The molecule has 0 radical (unpaired) electrons. The minimum Gasteiger partial charge on any atom is -0.377 e. The number of nitrogens with zero attached hydrogens (tertiary/aromatic N) is 3. The third-order valence-electron chi connectivity index (χ3n) is 3.55. The summed E-state index contributed by atoms with van der Waals surface area (Å²) < 4.78 is 0. The van der Waals surface area contributed by atoms with Crippen LogP contribution in [0, 0.1) is 0 Å². The Balaban J connectivity index is 1.70. The third-order valence-corrected chi connectivity index (χ3v) is 4.69. The maximum atomic E-state index is 4.55. The van der Waals surface area contributed by atoms with Crippen LogP contribution in [0.3, 0.4) is 0 Å². The van der Waals surface area contributed by atoms with Crippen molar-refractivity contribution >= 4 is 22.8 Å². The number of hydrogen-bond acceptors (Lipinski definition) is 5. The van der Waals surface area contributed by atoms with Gasteiger partial charge in [-0.2, -0.15) is 0 Å². The van der Waals surface area contributed by atoms with Gasteiger partial charge in [0.15, 0.2) is 5.82 Å². The van der Waals surface area contributed by atoms with Crippen LogP contribution >= 0.6 is 11.3 Å². The third kappa shape index (κ3) is 2.93. The van der Waals surface area contributed by atoms with Crippen LogP contribution < -0.4 is 10.2 Å². The lowest BCUT2D eigenvalue weighted by atomic mass is 10.3. The first kappa shape index (κ1) is 13.4. The first-order valence-corrected chi connectivity index (χ1v) is 8.06. The van der Waals surface area contributed by atoms with Gasteiger partial charge in [0, 0.05) is 30.4 Å². The van der Waals surface area contributed by atoms with Gasteiger partial charge < -0.3 is 10.2 Å². The largest absolute Gasteiger partial charge is 0.377 e. The Hall–Kier alpha value is -1.62. The minimum absolute atomic E-state index is 0.824. The summed E-state index contributed by atoms with van der Waals surface area (Å²) in [5.74, 6) is 1.09. The summed E-state index contributed by atoms with van der Waals surface area (Å²) in [6, 6.07) is 4.11. The van der Waals surface area contributed by atoms with Crippen LogP contribution in [-0.4, -0.2) is 23.1 Å². The van der Waals surface area contributed by atoms with E-state index in [0.29, 0.717) is 0 Å². The van der Waals surface area contributed by atoms with Gasteiger partial charge in [0.2, 0.25) is 0 Å². The summed E-state index contributed by atoms with van der Waals surface area (Å²) in [5.41, 5.74) is 1.13. The summed E-state index contributed by atoms with van der Waals surface area (Å²) in [5, 5.41) is 4.71. The van der Waals surface area contributed by atoms with Crippen molar-refractivity contribution in [2.24, 2.45) is 0 Å². The van der Waals surface area contributed by atoms with Crippen molar-refractivity contribution in [3.63, 3.8) is 0 Å². The van der Waals surface area contributed by atoms with E-state index >= 15 is 0 Å². The topological polar surface area (TPSA) is 41.1 Å². The fraction of sp³-hybridized carbons (Fsp3) is 0.467. The smallest absolute Gasteiger partial charge is 0.151 e. The van der Waals surface area contributed by atoms with E-state index in [-0.39, 0.29) is 0 Å². The van der Waals surface area contributed by atoms with E-state index in [9.17, 15) is 0 Å². The van der Waals surface area contributed by atoms with Crippen LogP contribution in [0.5, 0.6) is 0 Å². The van der Waals surface area contributed by atoms with Gasteiger partial charge in [0.1, 0.15) is 0 Å². The predicted molar refractivity (Wildman–Crippen MR) is 84.5 cm³/mol. The van der Waals surface area contributed by atoms with Gasteiger partial charge in [-0.1, -0.05) is 6.92 Å². The highest BCUT2D eigenvalue weighted by molar-refractivity contribution is 7.11. The molecule has 5 heteroatoms. The zero-order chi connectivity index (χ0) is 13.8. The average Bonchev–Trinajstić information content (AvgIpc) is 3.17. The molecule has 1 N–H and O–H groups in total. The van der Waals surface area contributed by atoms with Gasteiger partial charge in [0.25, 0.3) is 0 Å². The normalized spacial score (nSPS) is 14.8. The molecule has 0 saturated carbocycles. The molecule has 2 aromatic rings. The fourth-order valence-corrected chi connectivity index (χ4v) is 3.29.